The van der Waals surface area contributed by atoms with Crippen LogP contribution in [0.1, 0.15) is 57.8 Å². The Bertz CT molecular complexity index is 1010. The summed E-state index contributed by atoms with van der Waals surface area (Å²) in [5.41, 5.74) is 0.366. The maximum absolute atomic E-state index is 14.0. The van der Waals surface area contributed by atoms with Crippen molar-refractivity contribution in [2.45, 2.75) is 88.1 Å². The zero-order chi connectivity index (χ0) is 29.2. The van der Waals surface area contributed by atoms with Gasteiger partial charge in [-0.3, -0.25) is 19.4 Å². The summed E-state index contributed by atoms with van der Waals surface area (Å²) >= 11 is 0. The Labute approximate surface area is 257 Å². The van der Waals surface area contributed by atoms with Crippen molar-refractivity contribution in [2.24, 2.45) is 17.8 Å². The number of ketones is 1. The van der Waals surface area contributed by atoms with Crippen molar-refractivity contribution in [2.75, 3.05) is 78.8 Å². The lowest BCUT2D eigenvalue weighted by atomic mass is 9.65. The van der Waals surface area contributed by atoms with Gasteiger partial charge in [-0.1, -0.05) is 25.7 Å². The summed E-state index contributed by atoms with van der Waals surface area (Å²) in [7, 11) is 0. The first-order chi connectivity index (χ1) is 21.2. The molecule has 1 amide bonds. The lowest BCUT2D eigenvalue weighted by molar-refractivity contribution is -0.200. The molecule has 3 aliphatic carbocycles. The smallest absolute Gasteiger partial charge is 0.256 e. The molecule has 4 heterocycles. The fraction of sp³-hybridized carbons (Fsp3) is 0.879. The SMILES string of the molecule is O=C(NCCN1CCOCC1)C1=CN2C3CC4CCCCC4CC3OC3C(NCCCN4CCOCC4)CCC(C1=O)C32. The number of Topliss-reactive ketones (excluding diaryl/α,β-unsaturated/α-hetero) is 1. The molecule has 8 atom stereocenters. The second-order valence-electron chi connectivity index (χ2n) is 14.1. The van der Waals surface area contributed by atoms with E-state index in [0.717, 1.165) is 116 Å². The number of nitrogens with zero attached hydrogens (tertiary/aromatic N) is 3. The average Bonchev–Trinajstić information content (AvgIpc) is 3.05. The van der Waals surface area contributed by atoms with E-state index >= 15 is 0 Å². The first kappa shape index (κ1) is 30.1. The molecule has 10 heteroatoms. The highest BCUT2D eigenvalue weighted by atomic mass is 16.5. The van der Waals surface area contributed by atoms with Gasteiger partial charge in [0.25, 0.3) is 5.91 Å². The topological polar surface area (TPSA) is 95.6 Å². The zero-order valence-corrected chi connectivity index (χ0v) is 25.9. The number of amides is 1. The fourth-order valence-corrected chi connectivity index (χ4v) is 9.35. The van der Waals surface area contributed by atoms with E-state index in [2.05, 4.69) is 25.3 Å². The van der Waals surface area contributed by atoms with E-state index in [9.17, 15) is 9.59 Å². The molecule has 8 unspecified atom stereocenters. The minimum atomic E-state index is -0.203. The second-order valence-corrected chi connectivity index (χ2v) is 14.1. The van der Waals surface area contributed by atoms with Gasteiger partial charge in [0.1, 0.15) is 0 Å². The van der Waals surface area contributed by atoms with Crippen LogP contribution in [-0.4, -0.2) is 136 Å². The van der Waals surface area contributed by atoms with Gasteiger partial charge in [0.15, 0.2) is 5.78 Å². The van der Waals surface area contributed by atoms with Crippen LogP contribution < -0.4 is 10.6 Å². The van der Waals surface area contributed by atoms with E-state index in [1.54, 1.807) is 0 Å². The molecule has 7 aliphatic rings. The van der Waals surface area contributed by atoms with Crippen molar-refractivity contribution in [3.05, 3.63) is 11.8 Å². The summed E-state index contributed by atoms with van der Waals surface area (Å²) in [6, 6.07) is 0.514. The van der Waals surface area contributed by atoms with E-state index in [0.29, 0.717) is 12.1 Å². The Morgan fingerprint density at radius 2 is 1.56 bits per heavy atom. The predicted octanol–water partition coefficient (Wildman–Crippen LogP) is 1.40. The third kappa shape index (κ3) is 6.56. The Balaban J connectivity index is 1.05. The lowest BCUT2D eigenvalue weighted by Gasteiger charge is -2.60. The van der Waals surface area contributed by atoms with Gasteiger partial charge in [-0.25, -0.2) is 0 Å². The summed E-state index contributed by atoms with van der Waals surface area (Å²) in [6.07, 6.45) is 12.5. The highest BCUT2D eigenvalue weighted by Gasteiger charge is 2.57. The van der Waals surface area contributed by atoms with E-state index in [4.69, 9.17) is 14.2 Å². The molecule has 3 saturated carbocycles. The highest BCUT2D eigenvalue weighted by molar-refractivity contribution is 6.20. The lowest BCUT2D eigenvalue weighted by Crippen LogP contribution is -2.71. The first-order valence-electron chi connectivity index (χ1n) is 17.5. The van der Waals surface area contributed by atoms with Crippen LogP contribution in [0, 0.1) is 17.8 Å². The molecule has 0 aromatic rings. The van der Waals surface area contributed by atoms with Crippen molar-refractivity contribution in [3.8, 4) is 0 Å². The van der Waals surface area contributed by atoms with Crippen molar-refractivity contribution in [1.29, 1.82) is 0 Å². The van der Waals surface area contributed by atoms with Crippen LogP contribution in [0.4, 0.5) is 0 Å². The maximum atomic E-state index is 14.0. The predicted molar refractivity (Wildman–Crippen MR) is 163 cm³/mol. The summed E-state index contributed by atoms with van der Waals surface area (Å²) in [5, 5.41) is 6.97. The Kier molecular flexibility index (Phi) is 9.69. The number of morpholine rings is 3. The minimum Gasteiger partial charge on any atom is -0.379 e. The van der Waals surface area contributed by atoms with Crippen molar-refractivity contribution >= 4 is 11.7 Å². The minimum absolute atomic E-state index is 0.0179. The van der Waals surface area contributed by atoms with Crippen LogP contribution >= 0.6 is 0 Å². The average molecular weight is 600 g/mol. The third-order valence-corrected chi connectivity index (χ3v) is 11.7. The Hall–Kier alpha value is -1.56. The number of carbonyl (C=O) groups excluding carboxylic acids is 2. The van der Waals surface area contributed by atoms with Gasteiger partial charge in [0, 0.05) is 57.4 Å². The van der Waals surface area contributed by atoms with Gasteiger partial charge in [0.05, 0.1) is 56.3 Å². The molecule has 4 aliphatic heterocycles. The van der Waals surface area contributed by atoms with E-state index in [1.165, 1.54) is 25.7 Å². The first-order valence-corrected chi connectivity index (χ1v) is 17.5. The molecular formula is C33H53N5O5. The number of fused-ring (bicyclic) bond motifs is 3. The third-order valence-electron chi connectivity index (χ3n) is 11.7. The molecule has 2 N–H and O–H groups in total. The normalized spacial score (nSPS) is 38.5. The van der Waals surface area contributed by atoms with Gasteiger partial charge < -0.3 is 29.7 Å². The summed E-state index contributed by atoms with van der Waals surface area (Å²) in [5.74, 6) is 1.14. The van der Waals surface area contributed by atoms with Crippen molar-refractivity contribution in [3.63, 3.8) is 0 Å². The summed E-state index contributed by atoms with van der Waals surface area (Å²) in [4.78, 5) is 34.8. The number of hydrogen-bond donors (Lipinski definition) is 2. The Morgan fingerprint density at radius 1 is 0.860 bits per heavy atom. The van der Waals surface area contributed by atoms with Crippen molar-refractivity contribution < 1.29 is 23.8 Å². The number of carbonyl (C=O) groups is 2. The van der Waals surface area contributed by atoms with Crippen LogP contribution in [0.15, 0.2) is 11.8 Å². The molecule has 0 spiro atoms. The number of ether oxygens (including phenoxy) is 3. The molecule has 3 saturated heterocycles. The largest absolute Gasteiger partial charge is 0.379 e. The molecular weight excluding hydrogens is 546 g/mol. The Morgan fingerprint density at radius 3 is 2.30 bits per heavy atom. The molecule has 43 heavy (non-hydrogen) atoms. The fourth-order valence-electron chi connectivity index (χ4n) is 9.35. The van der Waals surface area contributed by atoms with Crippen LogP contribution in [-0.2, 0) is 23.8 Å². The van der Waals surface area contributed by atoms with Gasteiger partial charge in [-0.2, -0.15) is 0 Å². The van der Waals surface area contributed by atoms with Crippen LogP contribution in [0.5, 0.6) is 0 Å². The monoisotopic (exact) mass is 599 g/mol. The standard InChI is InChI=1S/C33H53N5O5/c39-31-25-6-7-27(34-8-3-10-36-12-16-41-17-13-36)32-30(25)38(28-20-23-4-1-2-5-24(23)21-29(28)43-32)22-26(31)33(40)35-9-11-37-14-18-42-19-15-37/h22-25,27-30,32,34H,1-21H2,(H,35,40). The number of hydrogen-bond acceptors (Lipinski definition) is 9. The van der Waals surface area contributed by atoms with Gasteiger partial charge in [-0.15, -0.1) is 0 Å². The van der Waals surface area contributed by atoms with Crippen LogP contribution in [0.3, 0.4) is 0 Å². The van der Waals surface area contributed by atoms with E-state index < -0.39 is 0 Å². The molecule has 240 valence electrons. The van der Waals surface area contributed by atoms with Gasteiger partial charge in [0.2, 0.25) is 0 Å². The van der Waals surface area contributed by atoms with Gasteiger partial charge >= 0.3 is 0 Å². The molecule has 10 nitrogen and oxygen atoms in total. The number of nitrogens with one attached hydrogen (secondary N) is 2. The number of rotatable bonds is 9. The molecule has 0 aromatic carbocycles. The molecule has 7 rings (SSSR count). The van der Waals surface area contributed by atoms with Crippen molar-refractivity contribution in [1.82, 2.24) is 25.3 Å². The molecule has 6 fully saturated rings. The van der Waals surface area contributed by atoms with Gasteiger partial charge in [-0.05, 0) is 57.0 Å². The quantitative estimate of drug-likeness (QED) is 0.301. The molecule has 0 bridgehead atoms. The van der Waals surface area contributed by atoms with Crippen LogP contribution in [0.2, 0.25) is 0 Å². The highest BCUT2D eigenvalue weighted by Crippen LogP contribution is 2.49. The maximum Gasteiger partial charge on any atom is 0.256 e. The molecule has 0 radical (unpaired) electrons. The van der Waals surface area contributed by atoms with E-state index in [1.807, 2.05) is 6.20 Å². The zero-order valence-electron chi connectivity index (χ0n) is 25.9. The van der Waals surface area contributed by atoms with E-state index in [-0.39, 0.29) is 47.9 Å². The second kappa shape index (κ2) is 13.8. The summed E-state index contributed by atoms with van der Waals surface area (Å²) < 4.78 is 18.0. The molecule has 0 aromatic heterocycles. The van der Waals surface area contributed by atoms with Crippen LogP contribution in [0.25, 0.3) is 0 Å². The summed E-state index contributed by atoms with van der Waals surface area (Å²) in [6.45, 7) is 10.4.